The van der Waals surface area contributed by atoms with E-state index in [1.807, 2.05) is 48.8 Å². The molecule has 1 amide bonds. The highest BCUT2D eigenvalue weighted by atomic mass is 16.5. The molecule has 2 N–H and O–H groups in total. The van der Waals surface area contributed by atoms with Gasteiger partial charge in [0.25, 0.3) is 0 Å². The van der Waals surface area contributed by atoms with Crippen molar-refractivity contribution >= 4 is 17.4 Å². The van der Waals surface area contributed by atoms with Crippen LogP contribution in [0.2, 0.25) is 0 Å². The third-order valence-electron chi connectivity index (χ3n) is 8.41. The summed E-state index contributed by atoms with van der Waals surface area (Å²) in [6.45, 7) is 12.4. The van der Waals surface area contributed by atoms with Crippen LogP contribution in [-0.2, 0) is 15.1 Å². The normalized spacial score (nSPS) is 22.4. The molecule has 3 aromatic rings. The van der Waals surface area contributed by atoms with Crippen LogP contribution in [0.25, 0.3) is 16.6 Å². The molecule has 4 heterocycles. The molecular formula is C29H43N7O3. The molecule has 10 heteroatoms. The second-order valence-electron chi connectivity index (χ2n) is 12.7. The fourth-order valence-corrected chi connectivity index (χ4v) is 6.02. The standard InChI is InChI=1S/C29H43N7O3/c1-19(17-39-6)32-27-30-15-25-23(13-24(36(25)33-27)20-7-9-22(37)10-8-20)21-14-31-35(16-21)29(4,5)26(38)34-12-11-28(2,3)18-34/h13-16,19-20,22,37H,7-12,17-18H2,1-6H3,(H,32,33)/t19-,20?,22?/m0/s1. The predicted molar refractivity (Wildman–Crippen MR) is 151 cm³/mol. The Morgan fingerprint density at radius 1 is 1.26 bits per heavy atom. The van der Waals surface area contributed by atoms with Gasteiger partial charge in [-0.25, -0.2) is 9.50 Å². The predicted octanol–water partition coefficient (Wildman–Crippen LogP) is 4.05. The van der Waals surface area contributed by atoms with Crippen LogP contribution in [0.3, 0.4) is 0 Å². The summed E-state index contributed by atoms with van der Waals surface area (Å²) < 4.78 is 9.04. The number of nitrogens with zero attached hydrogens (tertiary/aromatic N) is 6. The SMILES string of the molecule is COC[C@H](C)Nc1ncc2c(-c3cnn(C(C)(C)C(=O)N4CCC(C)(C)C4)c3)cc(C3CCC(O)CC3)n2n1. The number of ether oxygens (including phenoxy) is 1. The van der Waals surface area contributed by atoms with Gasteiger partial charge in [0.15, 0.2) is 0 Å². The number of fused-ring (bicyclic) bond motifs is 1. The van der Waals surface area contributed by atoms with E-state index in [-0.39, 0.29) is 23.5 Å². The number of likely N-dealkylation sites (tertiary alicyclic amines) is 1. The number of carbonyl (C=O) groups excluding carboxylic acids is 1. The van der Waals surface area contributed by atoms with Gasteiger partial charge in [0, 0.05) is 55.2 Å². The van der Waals surface area contributed by atoms with Gasteiger partial charge in [-0.3, -0.25) is 9.48 Å². The first kappa shape index (κ1) is 27.6. The molecule has 5 rings (SSSR count). The maximum absolute atomic E-state index is 13.5. The van der Waals surface area contributed by atoms with E-state index < -0.39 is 5.54 Å². The smallest absolute Gasteiger partial charge is 0.249 e. The van der Waals surface area contributed by atoms with Crippen molar-refractivity contribution in [3.05, 3.63) is 30.4 Å². The third-order valence-corrected chi connectivity index (χ3v) is 8.41. The van der Waals surface area contributed by atoms with Crippen LogP contribution < -0.4 is 5.32 Å². The van der Waals surface area contributed by atoms with E-state index in [0.717, 1.165) is 67.5 Å². The highest BCUT2D eigenvalue weighted by Gasteiger charge is 2.40. The number of anilines is 1. The molecule has 1 saturated carbocycles. The first-order valence-electron chi connectivity index (χ1n) is 14.2. The number of aromatic nitrogens is 5. The lowest BCUT2D eigenvalue weighted by atomic mass is 9.85. The van der Waals surface area contributed by atoms with Crippen molar-refractivity contribution in [3.63, 3.8) is 0 Å². The van der Waals surface area contributed by atoms with Crippen molar-refractivity contribution < 1.29 is 14.6 Å². The van der Waals surface area contributed by atoms with E-state index >= 15 is 0 Å². The van der Waals surface area contributed by atoms with Crippen molar-refractivity contribution in [2.24, 2.45) is 5.41 Å². The average molecular weight is 538 g/mol. The first-order chi connectivity index (χ1) is 18.5. The minimum absolute atomic E-state index is 0.0648. The Bertz CT molecular complexity index is 1320. The van der Waals surface area contributed by atoms with Crippen LogP contribution in [0.5, 0.6) is 0 Å². The van der Waals surface area contributed by atoms with Gasteiger partial charge < -0.3 is 20.1 Å². The van der Waals surface area contributed by atoms with Crippen molar-refractivity contribution in [1.29, 1.82) is 0 Å². The van der Waals surface area contributed by atoms with Crippen molar-refractivity contribution in [1.82, 2.24) is 29.3 Å². The molecular weight excluding hydrogens is 494 g/mol. The van der Waals surface area contributed by atoms with Crippen molar-refractivity contribution in [3.8, 4) is 11.1 Å². The summed E-state index contributed by atoms with van der Waals surface area (Å²) in [6, 6.07) is 2.25. The number of hydrogen-bond donors (Lipinski definition) is 2. The molecule has 3 aromatic heterocycles. The largest absolute Gasteiger partial charge is 0.393 e. The lowest BCUT2D eigenvalue weighted by Gasteiger charge is -2.30. The molecule has 2 fully saturated rings. The Morgan fingerprint density at radius 2 is 2.00 bits per heavy atom. The number of carbonyl (C=O) groups is 1. The Morgan fingerprint density at radius 3 is 2.67 bits per heavy atom. The first-order valence-corrected chi connectivity index (χ1v) is 14.2. The van der Waals surface area contributed by atoms with Crippen LogP contribution in [0.1, 0.15) is 78.3 Å². The molecule has 0 radical (unpaired) electrons. The lowest BCUT2D eigenvalue weighted by Crippen LogP contribution is -2.46. The summed E-state index contributed by atoms with van der Waals surface area (Å²) in [5.41, 5.74) is 3.26. The van der Waals surface area contributed by atoms with E-state index in [1.54, 1.807) is 11.8 Å². The van der Waals surface area contributed by atoms with Gasteiger partial charge in [-0.1, -0.05) is 13.8 Å². The van der Waals surface area contributed by atoms with Gasteiger partial charge in [0.1, 0.15) is 5.54 Å². The number of methoxy groups -OCH3 is 1. The second kappa shape index (κ2) is 10.5. The van der Waals surface area contributed by atoms with E-state index in [2.05, 4.69) is 35.3 Å². The number of nitrogens with one attached hydrogen (secondary N) is 1. The Labute approximate surface area is 230 Å². The molecule has 0 aromatic carbocycles. The van der Waals surface area contributed by atoms with Crippen LogP contribution in [0.4, 0.5) is 5.95 Å². The topological polar surface area (TPSA) is 110 Å². The maximum Gasteiger partial charge on any atom is 0.249 e. The monoisotopic (exact) mass is 537 g/mol. The number of amides is 1. The molecule has 0 unspecified atom stereocenters. The summed E-state index contributed by atoms with van der Waals surface area (Å²) in [5, 5.41) is 23.0. The zero-order chi connectivity index (χ0) is 27.9. The van der Waals surface area contributed by atoms with E-state index in [9.17, 15) is 9.90 Å². The van der Waals surface area contributed by atoms with Gasteiger partial charge in [-0.15, -0.1) is 5.10 Å². The second-order valence-corrected chi connectivity index (χ2v) is 12.7. The average Bonchev–Trinajstić information content (AvgIpc) is 3.61. The molecule has 212 valence electrons. The molecule has 0 bridgehead atoms. The van der Waals surface area contributed by atoms with E-state index in [0.29, 0.717) is 18.5 Å². The van der Waals surface area contributed by atoms with E-state index in [4.69, 9.17) is 9.84 Å². The lowest BCUT2D eigenvalue weighted by molar-refractivity contribution is -0.139. The number of aliphatic hydroxyl groups is 1. The van der Waals surface area contributed by atoms with Crippen LogP contribution in [0, 0.1) is 5.41 Å². The van der Waals surface area contributed by atoms with Crippen molar-refractivity contribution in [2.45, 2.75) is 90.3 Å². The Balaban J connectivity index is 1.49. The minimum atomic E-state index is -0.804. The molecule has 10 nitrogen and oxygen atoms in total. The summed E-state index contributed by atoms with van der Waals surface area (Å²) in [6.07, 6.45) is 9.83. The van der Waals surface area contributed by atoms with Crippen LogP contribution in [-0.4, -0.2) is 79.2 Å². The van der Waals surface area contributed by atoms with Gasteiger partial charge in [-0.2, -0.15) is 5.10 Å². The number of hydrogen-bond acceptors (Lipinski definition) is 7. The van der Waals surface area contributed by atoms with Gasteiger partial charge in [-0.05, 0) is 64.4 Å². The minimum Gasteiger partial charge on any atom is -0.393 e. The summed E-state index contributed by atoms with van der Waals surface area (Å²) in [4.78, 5) is 20.1. The molecule has 1 saturated heterocycles. The molecule has 1 aliphatic carbocycles. The fourth-order valence-electron chi connectivity index (χ4n) is 6.02. The van der Waals surface area contributed by atoms with Gasteiger partial charge in [0.05, 0.1) is 30.6 Å². The highest BCUT2D eigenvalue weighted by molar-refractivity contribution is 5.85. The molecule has 1 aliphatic heterocycles. The molecule has 1 atom stereocenters. The van der Waals surface area contributed by atoms with Crippen LogP contribution >= 0.6 is 0 Å². The summed E-state index contributed by atoms with van der Waals surface area (Å²) >= 11 is 0. The molecule has 0 spiro atoms. The zero-order valence-corrected chi connectivity index (χ0v) is 24.1. The summed E-state index contributed by atoms with van der Waals surface area (Å²) in [7, 11) is 1.68. The van der Waals surface area contributed by atoms with E-state index in [1.165, 1.54) is 0 Å². The number of rotatable bonds is 8. The molecule has 39 heavy (non-hydrogen) atoms. The van der Waals surface area contributed by atoms with Gasteiger partial charge >= 0.3 is 0 Å². The maximum atomic E-state index is 13.5. The van der Waals surface area contributed by atoms with Crippen LogP contribution in [0.15, 0.2) is 24.7 Å². The molecule has 2 aliphatic rings. The quantitative estimate of drug-likeness (QED) is 0.446. The zero-order valence-electron chi connectivity index (χ0n) is 24.1. The number of aliphatic hydroxyl groups excluding tert-OH is 1. The fraction of sp³-hybridized carbons (Fsp3) is 0.655. The Hall–Kier alpha value is -2.98. The van der Waals surface area contributed by atoms with Crippen molar-refractivity contribution in [2.75, 3.05) is 32.1 Å². The third kappa shape index (κ3) is 5.54. The van der Waals surface area contributed by atoms with Gasteiger partial charge in [0.2, 0.25) is 11.9 Å². The summed E-state index contributed by atoms with van der Waals surface area (Å²) in [5.74, 6) is 0.929. The highest BCUT2D eigenvalue weighted by Crippen LogP contribution is 2.38. The Kier molecular flexibility index (Phi) is 7.45.